The second-order valence-electron chi connectivity index (χ2n) is 7.31. The van der Waals surface area contributed by atoms with Gasteiger partial charge in [0.2, 0.25) is 5.91 Å². The molecule has 1 aliphatic rings. The number of hydrogen-bond donors (Lipinski definition) is 1. The van der Waals surface area contributed by atoms with E-state index in [1.54, 1.807) is 17.6 Å². The van der Waals surface area contributed by atoms with Crippen LogP contribution in [0.2, 0.25) is 4.34 Å². The van der Waals surface area contributed by atoms with Gasteiger partial charge in [-0.15, -0.1) is 11.3 Å². The van der Waals surface area contributed by atoms with Gasteiger partial charge in [0.25, 0.3) is 0 Å². The number of carbonyl (C=O) groups excluding carboxylic acids is 1. The molecule has 1 saturated heterocycles. The first kappa shape index (κ1) is 22.3. The Morgan fingerprint density at radius 1 is 1.21 bits per heavy atom. The molecule has 0 radical (unpaired) electrons. The van der Waals surface area contributed by atoms with Crippen LogP contribution in [0.1, 0.15) is 30.5 Å². The topological polar surface area (TPSA) is 52.0 Å². The first-order valence-electron chi connectivity index (χ1n) is 10.3. The van der Waals surface area contributed by atoms with E-state index in [-0.39, 0.29) is 11.9 Å². The van der Waals surface area contributed by atoms with Gasteiger partial charge in [-0.3, -0.25) is 19.5 Å². The number of nitrogens with zero attached hydrogens (tertiary/aromatic N) is 3. The van der Waals surface area contributed by atoms with Gasteiger partial charge in [0.15, 0.2) is 0 Å². The third kappa shape index (κ3) is 6.55. The standard InChI is InChI=1S/C21H31ClN4O2S/c1-3-26(4-2)18(19-6-5-13-28-19)14-23-21(27)16-25-11-9-24(10-12-25)15-17-7-8-20(22)29-17/h5-8,13,18H,3-4,9-12,14-16H2,1-2H3,(H,23,27). The van der Waals surface area contributed by atoms with E-state index in [0.717, 1.165) is 55.9 Å². The second kappa shape index (κ2) is 11.1. The summed E-state index contributed by atoms with van der Waals surface area (Å²) < 4.78 is 6.45. The molecule has 0 spiro atoms. The van der Waals surface area contributed by atoms with Gasteiger partial charge < -0.3 is 9.73 Å². The van der Waals surface area contributed by atoms with Crippen LogP contribution < -0.4 is 5.32 Å². The molecule has 1 unspecified atom stereocenters. The Morgan fingerprint density at radius 2 is 1.93 bits per heavy atom. The van der Waals surface area contributed by atoms with E-state index in [2.05, 4.69) is 39.9 Å². The van der Waals surface area contributed by atoms with Gasteiger partial charge in [0.05, 0.1) is 23.2 Å². The van der Waals surface area contributed by atoms with Crippen LogP contribution in [0.15, 0.2) is 34.9 Å². The Kier molecular flexibility index (Phi) is 8.56. The zero-order chi connectivity index (χ0) is 20.6. The molecule has 8 heteroatoms. The molecule has 3 rings (SSSR count). The van der Waals surface area contributed by atoms with Crippen LogP contribution in [0.5, 0.6) is 0 Å². The lowest BCUT2D eigenvalue weighted by Crippen LogP contribution is -2.49. The molecule has 1 aliphatic heterocycles. The third-order valence-electron chi connectivity index (χ3n) is 5.46. The number of thiophene rings is 1. The predicted molar refractivity (Wildman–Crippen MR) is 118 cm³/mol. The molecule has 0 bridgehead atoms. The second-order valence-corrected chi connectivity index (χ2v) is 9.11. The molecule has 6 nitrogen and oxygen atoms in total. The van der Waals surface area contributed by atoms with Crippen molar-refractivity contribution >= 4 is 28.8 Å². The van der Waals surface area contributed by atoms with Gasteiger partial charge in [0.1, 0.15) is 5.76 Å². The number of rotatable bonds is 10. The van der Waals surface area contributed by atoms with Crippen LogP contribution in [0.4, 0.5) is 0 Å². The van der Waals surface area contributed by atoms with E-state index in [1.807, 2.05) is 18.2 Å². The first-order valence-corrected chi connectivity index (χ1v) is 11.5. The number of furan rings is 1. The molecule has 1 N–H and O–H groups in total. The normalized spacial score (nSPS) is 17.0. The number of amides is 1. The van der Waals surface area contributed by atoms with Crippen molar-refractivity contribution in [3.05, 3.63) is 45.5 Å². The summed E-state index contributed by atoms with van der Waals surface area (Å²) in [6.45, 7) is 11.8. The summed E-state index contributed by atoms with van der Waals surface area (Å²) in [4.78, 5) is 20.8. The minimum atomic E-state index is 0.0680. The monoisotopic (exact) mass is 438 g/mol. The highest BCUT2D eigenvalue weighted by Crippen LogP contribution is 2.23. The number of carbonyl (C=O) groups is 1. The highest BCUT2D eigenvalue weighted by atomic mass is 35.5. The SMILES string of the molecule is CCN(CC)C(CNC(=O)CN1CCN(Cc2ccc(Cl)s2)CC1)c1ccco1. The van der Waals surface area contributed by atoms with Crippen molar-refractivity contribution < 1.29 is 9.21 Å². The van der Waals surface area contributed by atoms with Gasteiger partial charge >= 0.3 is 0 Å². The molecule has 1 fully saturated rings. The van der Waals surface area contributed by atoms with E-state index in [1.165, 1.54) is 4.88 Å². The molecule has 3 heterocycles. The Balaban J connectivity index is 1.42. The van der Waals surface area contributed by atoms with Crippen LogP contribution >= 0.6 is 22.9 Å². The van der Waals surface area contributed by atoms with Crippen molar-refractivity contribution in [3.8, 4) is 0 Å². The highest BCUT2D eigenvalue weighted by molar-refractivity contribution is 7.16. The van der Waals surface area contributed by atoms with Crippen LogP contribution in [0, 0.1) is 0 Å². The Morgan fingerprint density at radius 3 is 2.52 bits per heavy atom. The van der Waals surface area contributed by atoms with Gasteiger partial charge in [-0.25, -0.2) is 0 Å². The van der Waals surface area contributed by atoms with Crippen molar-refractivity contribution in [2.45, 2.75) is 26.4 Å². The van der Waals surface area contributed by atoms with E-state index in [0.29, 0.717) is 13.1 Å². The van der Waals surface area contributed by atoms with Crippen molar-refractivity contribution in [3.63, 3.8) is 0 Å². The quantitative estimate of drug-likeness (QED) is 0.616. The summed E-state index contributed by atoms with van der Waals surface area (Å²) in [5.74, 6) is 0.975. The maximum Gasteiger partial charge on any atom is 0.234 e. The lowest BCUT2D eigenvalue weighted by molar-refractivity contribution is -0.123. The van der Waals surface area contributed by atoms with E-state index in [4.69, 9.17) is 16.0 Å². The van der Waals surface area contributed by atoms with Crippen LogP contribution in [-0.4, -0.2) is 73.0 Å². The average Bonchev–Trinajstić information content (AvgIpc) is 3.38. The molecule has 160 valence electrons. The molecule has 0 aromatic carbocycles. The number of piperazine rings is 1. The van der Waals surface area contributed by atoms with Crippen molar-refractivity contribution in [1.82, 2.24) is 20.0 Å². The van der Waals surface area contributed by atoms with Gasteiger partial charge in [0, 0.05) is 44.1 Å². The molecule has 1 amide bonds. The third-order valence-corrected chi connectivity index (χ3v) is 6.67. The minimum Gasteiger partial charge on any atom is -0.468 e. The Hall–Kier alpha value is -1.38. The van der Waals surface area contributed by atoms with Crippen LogP contribution in [0.25, 0.3) is 0 Å². The van der Waals surface area contributed by atoms with Crippen LogP contribution in [-0.2, 0) is 11.3 Å². The molecule has 29 heavy (non-hydrogen) atoms. The van der Waals surface area contributed by atoms with Gasteiger partial charge in [-0.2, -0.15) is 0 Å². The number of nitrogens with one attached hydrogen (secondary N) is 1. The summed E-state index contributed by atoms with van der Waals surface area (Å²) in [6, 6.07) is 8.00. The minimum absolute atomic E-state index is 0.0680. The van der Waals surface area contributed by atoms with Crippen molar-refractivity contribution in [1.29, 1.82) is 0 Å². The smallest absolute Gasteiger partial charge is 0.234 e. The van der Waals surface area contributed by atoms with Gasteiger partial charge in [-0.05, 0) is 37.4 Å². The van der Waals surface area contributed by atoms with E-state index >= 15 is 0 Å². The zero-order valence-corrected chi connectivity index (χ0v) is 18.8. The van der Waals surface area contributed by atoms with Crippen molar-refractivity contribution in [2.24, 2.45) is 0 Å². The fourth-order valence-electron chi connectivity index (χ4n) is 3.79. The molecular formula is C21H31ClN4O2S. The molecule has 1 atom stereocenters. The summed E-state index contributed by atoms with van der Waals surface area (Å²) in [5, 5.41) is 3.11. The fourth-order valence-corrected chi connectivity index (χ4v) is 4.92. The van der Waals surface area contributed by atoms with E-state index < -0.39 is 0 Å². The number of likely N-dealkylation sites (N-methyl/N-ethyl adjacent to an activating group) is 1. The maximum atomic E-state index is 12.5. The number of halogens is 1. The summed E-state index contributed by atoms with van der Waals surface area (Å²) >= 11 is 7.66. The summed E-state index contributed by atoms with van der Waals surface area (Å²) in [6.07, 6.45) is 1.69. The number of hydrogen-bond acceptors (Lipinski definition) is 6. The summed E-state index contributed by atoms with van der Waals surface area (Å²) in [7, 11) is 0. The maximum absolute atomic E-state index is 12.5. The highest BCUT2D eigenvalue weighted by Gasteiger charge is 2.23. The Labute approximate surface area is 182 Å². The lowest BCUT2D eigenvalue weighted by atomic mass is 10.2. The lowest BCUT2D eigenvalue weighted by Gasteiger charge is -2.34. The van der Waals surface area contributed by atoms with Crippen molar-refractivity contribution in [2.75, 3.05) is 52.4 Å². The fraction of sp³-hybridized carbons (Fsp3) is 0.571. The molecule has 0 saturated carbocycles. The largest absolute Gasteiger partial charge is 0.468 e. The summed E-state index contributed by atoms with van der Waals surface area (Å²) in [5.41, 5.74) is 0. The molecule has 0 aliphatic carbocycles. The van der Waals surface area contributed by atoms with E-state index in [9.17, 15) is 4.79 Å². The Bertz CT molecular complexity index is 740. The first-order chi connectivity index (χ1) is 14.1. The average molecular weight is 439 g/mol. The zero-order valence-electron chi connectivity index (χ0n) is 17.3. The molecule has 2 aromatic rings. The van der Waals surface area contributed by atoms with Gasteiger partial charge in [-0.1, -0.05) is 25.4 Å². The molecule has 2 aromatic heterocycles. The molecular weight excluding hydrogens is 408 g/mol. The van der Waals surface area contributed by atoms with Crippen LogP contribution in [0.3, 0.4) is 0 Å². The predicted octanol–water partition coefficient (Wildman–Crippen LogP) is 3.31.